The Morgan fingerprint density at radius 1 is 1.43 bits per heavy atom. The Hall–Kier alpha value is -2.22. The second-order valence-electron chi connectivity index (χ2n) is 4.21. The Labute approximate surface area is 130 Å². The van der Waals surface area contributed by atoms with E-state index in [9.17, 15) is 10.1 Å². The number of nitro groups is 1. The number of aromatic nitrogens is 2. The Bertz CT molecular complexity index is 678. The summed E-state index contributed by atoms with van der Waals surface area (Å²) in [7, 11) is 1.65. The van der Waals surface area contributed by atoms with Crippen molar-refractivity contribution in [3.8, 4) is 0 Å². The zero-order valence-electron chi connectivity index (χ0n) is 11.6. The molecule has 0 fully saturated rings. The average Bonchev–Trinajstić information content (AvgIpc) is 2.48. The molecule has 0 aliphatic heterocycles. The van der Waals surface area contributed by atoms with Crippen LogP contribution in [0.1, 0.15) is 12.5 Å². The summed E-state index contributed by atoms with van der Waals surface area (Å²) in [5.74, 6) is 0.481. The highest BCUT2D eigenvalue weighted by Crippen LogP contribution is 2.29. The van der Waals surface area contributed by atoms with Gasteiger partial charge in [0.2, 0.25) is 11.8 Å². The molecule has 1 aromatic heterocycles. The summed E-state index contributed by atoms with van der Waals surface area (Å²) in [5, 5.41) is 16.9. The lowest BCUT2D eigenvalue weighted by atomic mass is 10.1. The third kappa shape index (κ3) is 3.46. The highest BCUT2D eigenvalue weighted by Gasteiger charge is 2.18. The van der Waals surface area contributed by atoms with Gasteiger partial charge in [-0.05, 0) is 30.2 Å². The van der Waals surface area contributed by atoms with Crippen LogP contribution in [0.2, 0.25) is 0 Å². The standard InChI is InChI=1S/C13H14BrN5O2/c1-3-8-6-9(14)4-5-10(8)17-12-11(19(20)21)7-16-13(15-2)18-12/h4-7H,3H2,1-2H3,(H2,15,16,17,18). The van der Waals surface area contributed by atoms with Gasteiger partial charge in [-0.1, -0.05) is 22.9 Å². The number of benzene rings is 1. The van der Waals surface area contributed by atoms with E-state index in [1.807, 2.05) is 25.1 Å². The summed E-state index contributed by atoms with van der Waals surface area (Å²) in [6.45, 7) is 2.01. The Kier molecular flexibility index (Phi) is 4.69. The molecule has 7 nitrogen and oxygen atoms in total. The molecule has 1 heterocycles. The second-order valence-corrected chi connectivity index (χ2v) is 5.13. The molecule has 2 aromatic rings. The number of nitrogens with zero attached hydrogens (tertiary/aromatic N) is 3. The van der Waals surface area contributed by atoms with Crippen molar-refractivity contribution in [1.29, 1.82) is 0 Å². The third-order valence-corrected chi connectivity index (χ3v) is 3.38. The number of anilines is 3. The van der Waals surface area contributed by atoms with Crippen LogP contribution in [0.4, 0.5) is 23.1 Å². The lowest BCUT2D eigenvalue weighted by Gasteiger charge is -2.11. The Balaban J connectivity index is 2.45. The van der Waals surface area contributed by atoms with Crippen LogP contribution in [0.3, 0.4) is 0 Å². The molecule has 110 valence electrons. The number of rotatable bonds is 5. The van der Waals surface area contributed by atoms with Gasteiger partial charge in [0.05, 0.1) is 4.92 Å². The van der Waals surface area contributed by atoms with Gasteiger partial charge < -0.3 is 10.6 Å². The van der Waals surface area contributed by atoms with Crippen molar-refractivity contribution >= 4 is 39.1 Å². The molecule has 0 saturated heterocycles. The molecule has 0 radical (unpaired) electrons. The van der Waals surface area contributed by atoms with Crippen LogP contribution >= 0.6 is 15.9 Å². The van der Waals surface area contributed by atoms with Gasteiger partial charge in [-0.15, -0.1) is 0 Å². The molecular formula is C13H14BrN5O2. The topological polar surface area (TPSA) is 93.0 Å². The summed E-state index contributed by atoms with van der Waals surface area (Å²) < 4.78 is 0.956. The van der Waals surface area contributed by atoms with Gasteiger partial charge in [0.15, 0.2) is 0 Å². The zero-order chi connectivity index (χ0) is 15.4. The van der Waals surface area contributed by atoms with Gasteiger partial charge in [-0.3, -0.25) is 10.1 Å². The first kappa shape index (κ1) is 15.2. The van der Waals surface area contributed by atoms with E-state index in [2.05, 4.69) is 36.5 Å². The number of nitrogens with one attached hydrogen (secondary N) is 2. The van der Waals surface area contributed by atoms with E-state index in [1.165, 1.54) is 6.20 Å². The van der Waals surface area contributed by atoms with E-state index in [-0.39, 0.29) is 11.5 Å². The summed E-state index contributed by atoms with van der Waals surface area (Å²) >= 11 is 3.41. The lowest BCUT2D eigenvalue weighted by Crippen LogP contribution is -2.05. The minimum Gasteiger partial charge on any atom is -0.357 e. The fraction of sp³-hybridized carbons (Fsp3) is 0.231. The number of aryl methyl sites for hydroxylation is 1. The maximum absolute atomic E-state index is 11.1. The molecule has 0 amide bonds. The van der Waals surface area contributed by atoms with Crippen LogP contribution < -0.4 is 10.6 Å². The van der Waals surface area contributed by atoms with Gasteiger partial charge >= 0.3 is 5.69 Å². The van der Waals surface area contributed by atoms with Crippen molar-refractivity contribution in [3.63, 3.8) is 0 Å². The van der Waals surface area contributed by atoms with Gasteiger partial charge in [0, 0.05) is 17.2 Å². The van der Waals surface area contributed by atoms with E-state index in [0.717, 1.165) is 22.1 Å². The molecular weight excluding hydrogens is 338 g/mol. The molecule has 0 saturated carbocycles. The molecule has 21 heavy (non-hydrogen) atoms. The molecule has 0 bridgehead atoms. The van der Waals surface area contributed by atoms with E-state index in [4.69, 9.17) is 0 Å². The van der Waals surface area contributed by atoms with Crippen molar-refractivity contribution in [2.24, 2.45) is 0 Å². The predicted molar refractivity (Wildman–Crippen MR) is 85.0 cm³/mol. The molecule has 0 atom stereocenters. The van der Waals surface area contributed by atoms with Crippen LogP contribution in [0, 0.1) is 10.1 Å². The summed E-state index contributed by atoms with van der Waals surface area (Å²) in [5.41, 5.74) is 1.65. The van der Waals surface area contributed by atoms with E-state index in [1.54, 1.807) is 7.05 Å². The van der Waals surface area contributed by atoms with Gasteiger partial charge in [0.25, 0.3) is 0 Å². The smallest absolute Gasteiger partial charge is 0.329 e. The maximum Gasteiger partial charge on any atom is 0.329 e. The Morgan fingerprint density at radius 2 is 2.19 bits per heavy atom. The van der Waals surface area contributed by atoms with Gasteiger partial charge in [0.1, 0.15) is 6.20 Å². The molecule has 0 unspecified atom stereocenters. The van der Waals surface area contributed by atoms with Crippen LogP contribution in [0.15, 0.2) is 28.9 Å². The zero-order valence-corrected chi connectivity index (χ0v) is 13.1. The second kappa shape index (κ2) is 6.49. The summed E-state index contributed by atoms with van der Waals surface area (Å²) in [4.78, 5) is 18.6. The van der Waals surface area contributed by atoms with Gasteiger partial charge in [-0.25, -0.2) is 4.98 Å². The largest absolute Gasteiger partial charge is 0.357 e. The Morgan fingerprint density at radius 3 is 2.81 bits per heavy atom. The molecule has 2 N–H and O–H groups in total. The number of halogens is 1. The first-order valence-electron chi connectivity index (χ1n) is 6.29. The average molecular weight is 352 g/mol. The van der Waals surface area contributed by atoms with Crippen molar-refractivity contribution in [2.75, 3.05) is 17.7 Å². The van der Waals surface area contributed by atoms with Crippen LogP contribution in [-0.4, -0.2) is 21.9 Å². The summed E-state index contributed by atoms with van der Waals surface area (Å²) in [6.07, 6.45) is 1.98. The molecule has 0 spiro atoms. The van der Waals surface area contributed by atoms with Gasteiger partial charge in [-0.2, -0.15) is 4.98 Å². The molecule has 0 aliphatic rings. The minimum atomic E-state index is -0.508. The highest BCUT2D eigenvalue weighted by atomic mass is 79.9. The fourth-order valence-electron chi connectivity index (χ4n) is 1.83. The normalized spacial score (nSPS) is 10.2. The SMILES string of the molecule is CCc1cc(Br)ccc1Nc1nc(NC)ncc1[N+](=O)[O-]. The van der Waals surface area contributed by atoms with Crippen molar-refractivity contribution in [2.45, 2.75) is 13.3 Å². The third-order valence-electron chi connectivity index (χ3n) is 2.89. The van der Waals surface area contributed by atoms with E-state index < -0.39 is 4.92 Å². The maximum atomic E-state index is 11.1. The monoisotopic (exact) mass is 351 g/mol. The highest BCUT2D eigenvalue weighted by molar-refractivity contribution is 9.10. The minimum absolute atomic E-state index is 0.163. The van der Waals surface area contributed by atoms with Crippen LogP contribution in [0.25, 0.3) is 0 Å². The van der Waals surface area contributed by atoms with Crippen LogP contribution in [-0.2, 0) is 6.42 Å². The molecule has 8 heteroatoms. The first-order valence-corrected chi connectivity index (χ1v) is 7.09. The quantitative estimate of drug-likeness (QED) is 0.632. The molecule has 0 aliphatic carbocycles. The molecule has 1 aromatic carbocycles. The van der Waals surface area contributed by atoms with E-state index >= 15 is 0 Å². The van der Waals surface area contributed by atoms with Crippen LogP contribution in [0.5, 0.6) is 0 Å². The number of hydrogen-bond acceptors (Lipinski definition) is 6. The number of hydrogen-bond donors (Lipinski definition) is 2. The van der Waals surface area contributed by atoms with E-state index in [0.29, 0.717) is 5.95 Å². The predicted octanol–water partition coefficient (Wildman–Crippen LogP) is 3.50. The fourth-order valence-corrected chi connectivity index (χ4v) is 2.23. The van der Waals surface area contributed by atoms with Crippen molar-refractivity contribution in [1.82, 2.24) is 9.97 Å². The summed E-state index contributed by atoms with van der Waals surface area (Å²) in [6, 6.07) is 5.69. The molecule has 2 rings (SSSR count). The lowest BCUT2D eigenvalue weighted by molar-refractivity contribution is -0.384. The van der Waals surface area contributed by atoms with Crippen molar-refractivity contribution in [3.05, 3.63) is 44.5 Å². The first-order chi connectivity index (χ1) is 10.0. The van der Waals surface area contributed by atoms with Crippen molar-refractivity contribution < 1.29 is 4.92 Å².